The molecule has 1 aliphatic heterocycles. The highest BCUT2D eigenvalue weighted by Crippen LogP contribution is 2.37. The van der Waals surface area contributed by atoms with Gasteiger partial charge in [-0.1, -0.05) is 12.1 Å². The molecule has 1 aromatic heterocycles. The van der Waals surface area contributed by atoms with Gasteiger partial charge < -0.3 is 4.90 Å². The Morgan fingerprint density at radius 2 is 2.07 bits per heavy atom. The SMILES string of the molecule is CC(C)n1nnnc1C1(C)CCSCC(=O)N1Cc1cccc(C(F)(F)F)c1. The summed E-state index contributed by atoms with van der Waals surface area (Å²) in [5, 5.41) is 12.0. The number of aromatic nitrogens is 4. The second-order valence-electron chi connectivity index (χ2n) is 7.30. The normalized spacial score (nSPS) is 21.2. The molecule has 0 N–H and O–H groups in total. The topological polar surface area (TPSA) is 63.9 Å². The number of nitrogens with zero attached hydrogens (tertiary/aromatic N) is 5. The van der Waals surface area contributed by atoms with E-state index in [0.29, 0.717) is 17.8 Å². The van der Waals surface area contributed by atoms with Crippen LogP contribution in [0.5, 0.6) is 0 Å². The Bertz CT molecular complexity index is 854. The van der Waals surface area contributed by atoms with Gasteiger partial charge in [0.05, 0.1) is 17.4 Å². The monoisotopic (exact) mass is 413 g/mol. The Hall–Kier alpha value is -2.10. The van der Waals surface area contributed by atoms with Gasteiger partial charge in [0.15, 0.2) is 5.82 Å². The number of benzene rings is 1. The molecule has 0 radical (unpaired) electrons. The van der Waals surface area contributed by atoms with Crippen molar-refractivity contribution in [2.45, 2.75) is 51.5 Å². The van der Waals surface area contributed by atoms with Crippen molar-refractivity contribution in [2.75, 3.05) is 11.5 Å². The van der Waals surface area contributed by atoms with Crippen LogP contribution in [0.2, 0.25) is 0 Å². The van der Waals surface area contributed by atoms with Gasteiger partial charge >= 0.3 is 6.18 Å². The van der Waals surface area contributed by atoms with E-state index in [2.05, 4.69) is 15.5 Å². The number of alkyl halides is 3. The molecule has 6 nitrogen and oxygen atoms in total. The quantitative estimate of drug-likeness (QED) is 0.766. The largest absolute Gasteiger partial charge is 0.416 e. The lowest BCUT2D eigenvalue weighted by atomic mass is 9.93. The van der Waals surface area contributed by atoms with E-state index in [4.69, 9.17) is 0 Å². The van der Waals surface area contributed by atoms with Crippen LogP contribution in [0.1, 0.15) is 50.2 Å². The van der Waals surface area contributed by atoms with Crippen LogP contribution in [0.15, 0.2) is 24.3 Å². The second kappa shape index (κ2) is 7.73. The van der Waals surface area contributed by atoms with Crippen LogP contribution in [0.3, 0.4) is 0 Å². The first-order valence-corrected chi connectivity index (χ1v) is 10.1. The van der Waals surface area contributed by atoms with Crippen molar-refractivity contribution >= 4 is 17.7 Å². The maximum atomic E-state index is 13.1. The van der Waals surface area contributed by atoms with Crippen molar-refractivity contribution in [3.8, 4) is 0 Å². The Morgan fingerprint density at radius 3 is 2.75 bits per heavy atom. The molecule has 1 fully saturated rings. The lowest BCUT2D eigenvalue weighted by molar-refractivity contribution is -0.137. The first kappa shape index (κ1) is 20.6. The van der Waals surface area contributed by atoms with Crippen LogP contribution in [0.4, 0.5) is 13.2 Å². The van der Waals surface area contributed by atoms with Gasteiger partial charge in [0.1, 0.15) is 5.54 Å². The molecule has 0 aliphatic carbocycles. The molecule has 1 atom stereocenters. The van der Waals surface area contributed by atoms with Gasteiger partial charge in [-0.3, -0.25) is 4.79 Å². The number of hydrogen-bond acceptors (Lipinski definition) is 5. The molecule has 0 bridgehead atoms. The van der Waals surface area contributed by atoms with Gasteiger partial charge in [0.2, 0.25) is 5.91 Å². The fourth-order valence-corrected chi connectivity index (χ4v) is 4.35. The zero-order valence-electron chi connectivity index (χ0n) is 15.9. The van der Waals surface area contributed by atoms with E-state index in [1.54, 1.807) is 15.6 Å². The van der Waals surface area contributed by atoms with Crippen LogP contribution >= 0.6 is 11.8 Å². The molecule has 1 aliphatic rings. The fourth-order valence-electron chi connectivity index (χ4n) is 3.34. The summed E-state index contributed by atoms with van der Waals surface area (Å²) in [6.45, 7) is 5.82. The smallest absolute Gasteiger partial charge is 0.325 e. The first-order chi connectivity index (χ1) is 13.1. The number of tetrazole rings is 1. The molecule has 1 aromatic carbocycles. The van der Waals surface area contributed by atoms with Crippen LogP contribution in [0, 0.1) is 0 Å². The van der Waals surface area contributed by atoms with Crippen molar-refractivity contribution in [2.24, 2.45) is 0 Å². The average molecular weight is 413 g/mol. The molecule has 1 amide bonds. The van der Waals surface area contributed by atoms with Crippen molar-refractivity contribution in [3.05, 3.63) is 41.2 Å². The van der Waals surface area contributed by atoms with Crippen molar-refractivity contribution < 1.29 is 18.0 Å². The minimum absolute atomic E-state index is 0.0109. The number of carbonyl (C=O) groups excluding carboxylic acids is 1. The van der Waals surface area contributed by atoms with E-state index < -0.39 is 17.3 Å². The Balaban J connectivity index is 2.02. The molecular weight excluding hydrogens is 391 g/mol. The van der Waals surface area contributed by atoms with E-state index in [0.717, 1.165) is 17.9 Å². The lowest BCUT2D eigenvalue weighted by Crippen LogP contribution is -2.48. The molecule has 10 heteroatoms. The third-order valence-corrected chi connectivity index (χ3v) is 5.86. The minimum Gasteiger partial charge on any atom is -0.325 e. The third kappa shape index (κ3) is 4.01. The fraction of sp³-hybridized carbons (Fsp3) is 0.556. The van der Waals surface area contributed by atoms with E-state index in [9.17, 15) is 18.0 Å². The molecule has 3 rings (SSSR count). The predicted octanol–water partition coefficient (Wildman–Crippen LogP) is 3.65. The second-order valence-corrected chi connectivity index (χ2v) is 8.40. The summed E-state index contributed by atoms with van der Waals surface area (Å²) in [5.74, 6) is 1.41. The van der Waals surface area contributed by atoms with E-state index in [1.165, 1.54) is 17.8 Å². The van der Waals surface area contributed by atoms with Gasteiger partial charge in [0, 0.05) is 6.54 Å². The van der Waals surface area contributed by atoms with E-state index in [1.807, 2.05) is 20.8 Å². The summed E-state index contributed by atoms with van der Waals surface area (Å²) in [7, 11) is 0. The predicted molar refractivity (Wildman–Crippen MR) is 99.5 cm³/mol. The molecular formula is C18H22F3N5OS. The maximum Gasteiger partial charge on any atom is 0.416 e. The summed E-state index contributed by atoms with van der Waals surface area (Å²) < 4.78 is 40.9. The number of halogens is 3. The number of amides is 1. The van der Waals surface area contributed by atoms with Crippen molar-refractivity contribution in [1.29, 1.82) is 0 Å². The Kier molecular flexibility index (Phi) is 5.69. The highest BCUT2D eigenvalue weighted by Gasteiger charge is 2.43. The van der Waals surface area contributed by atoms with E-state index in [-0.39, 0.29) is 24.2 Å². The van der Waals surface area contributed by atoms with Gasteiger partial charge in [-0.25, -0.2) is 4.68 Å². The number of carbonyl (C=O) groups is 1. The van der Waals surface area contributed by atoms with Crippen LogP contribution in [-0.2, 0) is 23.1 Å². The van der Waals surface area contributed by atoms with Gasteiger partial charge in [-0.2, -0.15) is 24.9 Å². The highest BCUT2D eigenvalue weighted by molar-refractivity contribution is 7.99. The first-order valence-electron chi connectivity index (χ1n) is 8.95. The highest BCUT2D eigenvalue weighted by atomic mass is 32.2. The Morgan fingerprint density at radius 1 is 1.32 bits per heavy atom. The molecule has 1 saturated heterocycles. The average Bonchev–Trinajstić information content (AvgIpc) is 3.08. The van der Waals surface area contributed by atoms with Gasteiger partial charge in [0.25, 0.3) is 0 Å². The number of hydrogen-bond donors (Lipinski definition) is 0. The molecule has 2 aromatic rings. The molecule has 0 saturated carbocycles. The molecule has 0 spiro atoms. The molecule has 2 heterocycles. The molecule has 28 heavy (non-hydrogen) atoms. The zero-order valence-corrected chi connectivity index (χ0v) is 16.7. The summed E-state index contributed by atoms with van der Waals surface area (Å²) in [6.07, 6.45) is -3.82. The summed E-state index contributed by atoms with van der Waals surface area (Å²) in [5.41, 5.74) is -1.12. The minimum atomic E-state index is -4.43. The number of thioether (sulfide) groups is 1. The number of rotatable bonds is 4. The van der Waals surface area contributed by atoms with Gasteiger partial charge in [-0.15, -0.1) is 5.10 Å². The summed E-state index contributed by atoms with van der Waals surface area (Å²) >= 11 is 1.51. The summed E-state index contributed by atoms with van der Waals surface area (Å²) in [4.78, 5) is 14.5. The van der Waals surface area contributed by atoms with Crippen molar-refractivity contribution in [1.82, 2.24) is 25.1 Å². The van der Waals surface area contributed by atoms with Crippen LogP contribution < -0.4 is 0 Å². The van der Waals surface area contributed by atoms with E-state index >= 15 is 0 Å². The maximum absolute atomic E-state index is 13.1. The Labute approximate surface area is 165 Å². The zero-order chi connectivity index (χ0) is 20.5. The third-order valence-electron chi connectivity index (χ3n) is 4.91. The van der Waals surface area contributed by atoms with Crippen LogP contribution in [0.25, 0.3) is 0 Å². The van der Waals surface area contributed by atoms with Gasteiger partial charge in [-0.05, 0) is 61.1 Å². The lowest BCUT2D eigenvalue weighted by Gasteiger charge is -2.39. The summed E-state index contributed by atoms with van der Waals surface area (Å²) in [6, 6.07) is 5.08. The molecule has 152 valence electrons. The standard InChI is InChI=1S/C18H22F3N5OS/c1-12(2)26-16(22-23-24-26)17(3)7-8-28-11-15(27)25(17)10-13-5-4-6-14(9-13)18(19,20)21/h4-6,9,12H,7-8,10-11H2,1-3H3. The van der Waals surface area contributed by atoms with Crippen molar-refractivity contribution in [3.63, 3.8) is 0 Å². The van der Waals surface area contributed by atoms with Crippen LogP contribution in [-0.4, -0.2) is 42.5 Å². The molecule has 1 unspecified atom stereocenters.